The van der Waals surface area contributed by atoms with Crippen molar-refractivity contribution in [3.8, 4) is 5.75 Å². The molecule has 0 bridgehead atoms. The fourth-order valence-corrected chi connectivity index (χ4v) is 2.12. The van der Waals surface area contributed by atoms with E-state index in [-0.39, 0.29) is 0 Å². The second-order valence-electron chi connectivity index (χ2n) is 4.01. The summed E-state index contributed by atoms with van der Waals surface area (Å²) >= 11 is 0. The number of hydrogen-bond donors (Lipinski definition) is 0. The lowest BCUT2D eigenvalue weighted by Gasteiger charge is -2.08. The van der Waals surface area contributed by atoms with Gasteiger partial charge in [-0.2, -0.15) is 0 Å². The molecule has 0 aliphatic heterocycles. The summed E-state index contributed by atoms with van der Waals surface area (Å²) in [6.45, 7) is 2.68. The van der Waals surface area contributed by atoms with E-state index < -0.39 is 0 Å². The van der Waals surface area contributed by atoms with E-state index in [1.807, 2.05) is 25.1 Å². The molecule has 0 saturated carbocycles. The summed E-state index contributed by atoms with van der Waals surface area (Å²) in [5.41, 5.74) is 0. The van der Waals surface area contributed by atoms with Gasteiger partial charge in [0, 0.05) is 11.5 Å². The van der Waals surface area contributed by atoms with Gasteiger partial charge < -0.3 is 4.74 Å². The molecule has 1 nitrogen and oxygen atoms in total. The van der Waals surface area contributed by atoms with Crippen LogP contribution in [0.3, 0.4) is 0 Å². The van der Waals surface area contributed by atoms with Crippen molar-refractivity contribution in [1.29, 1.82) is 0 Å². The number of benzene rings is 3. The van der Waals surface area contributed by atoms with Gasteiger partial charge in [0.15, 0.2) is 0 Å². The number of rotatable bonds is 2. The Labute approximate surface area is 101 Å². The zero-order valence-corrected chi connectivity index (χ0v) is 9.73. The molecule has 3 aromatic rings. The van der Waals surface area contributed by atoms with Crippen LogP contribution in [0, 0.1) is 6.07 Å². The minimum absolute atomic E-state index is 0.680. The fourth-order valence-electron chi connectivity index (χ4n) is 2.12. The van der Waals surface area contributed by atoms with Crippen LogP contribution in [-0.4, -0.2) is 6.61 Å². The Balaban J connectivity index is 2.35. The van der Waals surface area contributed by atoms with E-state index in [1.165, 1.54) is 10.8 Å². The van der Waals surface area contributed by atoms with Crippen LogP contribution in [0.25, 0.3) is 21.5 Å². The lowest BCUT2D eigenvalue weighted by molar-refractivity contribution is 0.344. The predicted octanol–water partition coefficient (Wildman–Crippen LogP) is 4.19. The van der Waals surface area contributed by atoms with Gasteiger partial charge in [0.2, 0.25) is 0 Å². The van der Waals surface area contributed by atoms with Crippen molar-refractivity contribution in [2.75, 3.05) is 6.61 Å². The Morgan fingerprint density at radius 1 is 1.00 bits per heavy atom. The van der Waals surface area contributed by atoms with E-state index in [0.29, 0.717) is 6.61 Å². The van der Waals surface area contributed by atoms with Crippen molar-refractivity contribution in [2.45, 2.75) is 6.92 Å². The van der Waals surface area contributed by atoms with Crippen LogP contribution < -0.4 is 4.74 Å². The first-order valence-electron chi connectivity index (χ1n) is 5.85. The third-order valence-electron chi connectivity index (χ3n) is 2.89. The van der Waals surface area contributed by atoms with Crippen LogP contribution >= 0.6 is 0 Å². The molecule has 0 N–H and O–H groups in total. The summed E-state index contributed by atoms with van der Waals surface area (Å²) in [4.78, 5) is 0. The Morgan fingerprint density at radius 2 is 1.82 bits per heavy atom. The zero-order valence-electron chi connectivity index (χ0n) is 9.73. The molecule has 0 saturated heterocycles. The predicted molar refractivity (Wildman–Crippen MR) is 71.5 cm³/mol. The van der Waals surface area contributed by atoms with Crippen molar-refractivity contribution >= 4 is 21.5 Å². The molecule has 83 valence electrons. The van der Waals surface area contributed by atoms with Gasteiger partial charge in [-0.1, -0.05) is 36.4 Å². The first-order chi connectivity index (χ1) is 8.38. The van der Waals surface area contributed by atoms with Crippen molar-refractivity contribution in [3.63, 3.8) is 0 Å². The van der Waals surface area contributed by atoms with Gasteiger partial charge >= 0.3 is 0 Å². The Hall–Kier alpha value is -2.02. The molecule has 1 heteroatoms. The molecular weight excluding hydrogens is 208 g/mol. The zero-order chi connectivity index (χ0) is 11.7. The van der Waals surface area contributed by atoms with E-state index in [1.54, 1.807) is 0 Å². The minimum Gasteiger partial charge on any atom is -0.493 e. The van der Waals surface area contributed by atoms with Crippen molar-refractivity contribution in [3.05, 3.63) is 54.6 Å². The highest BCUT2D eigenvalue weighted by molar-refractivity contribution is 6.00. The van der Waals surface area contributed by atoms with Gasteiger partial charge in [0.1, 0.15) is 5.75 Å². The normalized spacial score (nSPS) is 10.9. The summed E-state index contributed by atoms with van der Waals surface area (Å²) in [6.07, 6.45) is 0. The SMILES string of the molecule is CCOc1cccc2cc3ccccc3[c]c12. The second-order valence-corrected chi connectivity index (χ2v) is 4.01. The molecule has 1 radical (unpaired) electrons. The minimum atomic E-state index is 0.680. The molecule has 3 rings (SSSR count). The standard InChI is InChI=1S/C16H13O/c1-2-17-16-9-5-8-14-10-12-6-3-4-7-13(12)11-15(14)16/h3-10H,2H2,1H3. The van der Waals surface area contributed by atoms with E-state index >= 15 is 0 Å². The van der Waals surface area contributed by atoms with Crippen LogP contribution in [0.4, 0.5) is 0 Å². The monoisotopic (exact) mass is 221 g/mol. The third kappa shape index (κ3) is 1.74. The number of fused-ring (bicyclic) bond motifs is 2. The highest BCUT2D eigenvalue weighted by Crippen LogP contribution is 2.29. The molecule has 0 fully saturated rings. The number of ether oxygens (including phenoxy) is 1. The third-order valence-corrected chi connectivity index (χ3v) is 2.89. The molecule has 0 amide bonds. The Bertz CT molecular complexity index is 670. The quantitative estimate of drug-likeness (QED) is 0.589. The molecule has 17 heavy (non-hydrogen) atoms. The van der Waals surface area contributed by atoms with Crippen LogP contribution in [0.15, 0.2) is 48.5 Å². The largest absolute Gasteiger partial charge is 0.493 e. The highest BCUT2D eigenvalue weighted by Gasteiger charge is 2.03. The Kier molecular flexibility index (Phi) is 2.45. The summed E-state index contributed by atoms with van der Waals surface area (Å²) in [5.74, 6) is 0.913. The van der Waals surface area contributed by atoms with E-state index in [2.05, 4.69) is 36.4 Å². The van der Waals surface area contributed by atoms with Crippen LogP contribution in [-0.2, 0) is 0 Å². The molecule has 0 aliphatic rings. The second kappa shape index (κ2) is 4.10. The van der Waals surface area contributed by atoms with Gasteiger partial charge in [-0.05, 0) is 35.2 Å². The van der Waals surface area contributed by atoms with Crippen molar-refractivity contribution < 1.29 is 4.74 Å². The molecule has 3 aromatic carbocycles. The van der Waals surface area contributed by atoms with Gasteiger partial charge in [0.05, 0.1) is 6.61 Å². The first kappa shape index (κ1) is 10.2. The maximum absolute atomic E-state index is 5.64. The van der Waals surface area contributed by atoms with Crippen LogP contribution in [0.1, 0.15) is 6.92 Å². The van der Waals surface area contributed by atoms with Gasteiger partial charge in [-0.3, -0.25) is 0 Å². The summed E-state index contributed by atoms with van der Waals surface area (Å²) in [7, 11) is 0. The van der Waals surface area contributed by atoms with Crippen molar-refractivity contribution in [1.82, 2.24) is 0 Å². The lowest BCUT2D eigenvalue weighted by atomic mass is 10.0. The van der Waals surface area contributed by atoms with Crippen molar-refractivity contribution in [2.24, 2.45) is 0 Å². The highest BCUT2D eigenvalue weighted by atomic mass is 16.5. The van der Waals surface area contributed by atoms with Gasteiger partial charge in [0.25, 0.3) is 0 Å². The van der Waals surface area contributed by atoms with E-state index in [0.717, 1.165) is 16.5 Å². The Morgan fingerprint density at radius 3 is 2.71 bits per heavy atom. The van der Waals surface area contributed by atoms with Crippen LogP contribution in [0.2, 0.25) is 0 Å². The molecule has 0 atom stereocenters. The molecule has 0 spiro atoms. The van der Waals surface area contributed by atoms with Crippen LogP contribution in [0.5, 0.6) is 5.75 Å². The molecule has 0 unspecified atom stereocenters. The summed E-state index contributed by atoms with van der Waals surface area (Å²) in [6, 6.07) is 20.0. The average Bonchev–Trinajstić information content (AvgIpc) is 2.37. The lowest BCUT2D eigenvalue weighted by Crippen LogP contribution is -1.92. The fraction of sp³-hybridized carbons (Fsp3) is 0.125. The first-order valence-corrected chi connectivity index (χ1v) is 5.85. The molecule has 0 heterocycles. The summed E-state index contributed by atoms with van der Waals surface area (Å²) in [5, 5.41) is 4.59. The average molecular weight is 221 g/mol. The smallest absolute Gasteiger partial charge is 0.127 e. The topological polar surface area (TPSA) is 9.23 Å². The van der Waals surface area contributed by atoms with Gasteiger partial charge in [-0.25, -0.2) is 0 Å². The number of hydrogen-bond acceptors (Lipinski definition) is 1. The molecule has 0 aromatic heterocycles. The van der Waals surface area contributed by atoms with E-state index in [4.69, 9.17) is 4.74 Å². The van der Waals surface area contributed by atoms with E-state index in [9.17, 15) is 0 Å². The summed E-state index contributed by atoms with van der Waals surface area (Å²) < 4.78 is 5.64. The van der Waals surface area contributed by atoms with Gasteiger partial charge in [-0.15, -0.1) is 0 Å². The molecular formula is C16H13O. The maximum atomic E-state index is 5.64. The maximum Gasteiger partial charge on any atom is 0.127 e. The molecule has 0 aliphatic carbocycles.